The molecule has 0 aromatic heterocycles. The van der Waals surface area contributed by atoms with Crippen LogP contribution in [0.3, 0.4) is 0 Å². The van der Waals surface area contributed by atoms with E-state index < -0.39 is 28.8 Å². The molecule has 0 saturated heterocycles. The van der Waals surface area contributed by atoms with E-state index >= 15 is 0 Å². The fraction of sp³-hybridized carbons (Fsp3) is 0.577. The van der Waals surface area contributed by atoms with Crippen LogP contribution in [0.1, 0.15) is 63.9 Å². The molecule has 0 aliphatic heterocycles. The lowest BCUT2D eigenvalue weighted by Crippen LogP contribution is -2.48. The van der Waals surface area contributed by atoms with E-state index in [0.29, 0.717) is 31.3 Å². The summed E-state index contributed by atoms with van der Waals surface area (Å²) in [6.07, 6.45) is 1.39. The van der Waals surface area contributed by atoms with Crippen molar-refractivity contribution in [2.45, 2.75) is 87.6 Å². The largest absolute Gasteiger partial charge is 0.420 e. The first-order valence-electron chi connectivity index (χ1n) is 12.0. The van der Waals surface area contributed by atoms with Crippen molar-refractivity contribution in [3.63, 3.8) is 0 Å². The average Bonchev–Trinajstić information content (AvgIpc) is 3.64. The summed E-state index contributed by atoms with van der Waals surface area (Å²) in [5.74, 6) is -1.60. The van der Waals surface area contributed by atoms with Gasteiger partial charge in [-0.25, -0.2) is 8.78 Å². The summed E-state index contributed by atoms with van der Waals surface area (Å²) in [4.78, 5) is 15.2. The van der Waals surface area contributed by atoms with Crippen molar-refractivity contribution in [3.05, 3.63) is 58.7 Å². The van der Waals surface area contributed by atoms with Crippen LogP contribution in [0.15, 0.2) is 41.5 Å². The van der Waals surface area contributed by atoms with Crippen LogP contribution in [0.4, 0.5) is 22.0 Å². The van der Waals surface area contributed by atoms with Crippen molar-refractivity contribution in [2.75, 3.05) is 6.61 Å². The van der Waals surface area contributed by atoms with Gasteiger partial charge in [0.2, 0.25) is 5.91 Å². The molecule has 0 bridgehead atoms. The third-order valence-electron chi connectivity index (χ3n) is 7.89. The zero-order valence-electron chi connectivity index (χ0n) is 19.5. The van der Waals surface area contributed by atoms with Crippen molar-refractivity contribution >= 4 is 5.91 Å². The zero-order valence-corrected chi connectivity index (χ0v) is 19.5. The first-order valence-corrected chi connectivity index (χ1v) is 12.0. The Hall–Kier alpha value is -2.26. The lowest BCUT2D eigenvalue weighted by Gasteiger charge is -2.43. The Morgan fingerprint density at radius 3 is 2.17 bits per heavy atom. The van der Waals surface area contributed by atoms with Gasteiger partial charge in [-0.3, -0.25) is 4.79 Å². The minimum atomic E-state index is -4.81. The number of hydrogen-bond donors (Lipinski definition) is 2. The number of halogens is 5. The second-order valence-electron chi connectivity index (χ2n) is 10.2. The number of aliphatic hydroxyl groups excluding tert-OH is 1. The summed E-state index contributed by atoms with van der Waals surface area (Å²) < 4.78 is 67.4. The van der Waals surface area contributed by atoms with Gasteiger partial charge in [-0.15, -0.1) is 0 Å². The van der Waals surface area contributed by atoms with E-state index in [1.54, 1.807) is 0 Å². The number of allylic oxidation sites excluding steroid dienone is 2. The Morgan fingerprint density at radius 1 is 1.06 bits per heavy atom. The zero-order chi connectivity index (χ0) is 25.6. The van der Waals surface area contributed by atoms with Gasteiger partial charge in [0.1, 0.15) is 11.6 Å². The molecule has 9 heteroatoms. The van der Waals surface area contributed by atoms with E-state index in [9.17, 15) is 37.0 Å². The molecule has 1 aromatic carbocycles. The molecule has 192 valence electrons. The molecule has 4 rings (SSSR count). The van der Waals surface area contributed by atoms with Crippen molar-refractivity contribution < 1.29 is 37.0 Å². The molecule has 35 heavy (non-hydrogen) atoms. The van der Waals surface area contributed by atoms with Crippen LogP contribution in [-0.4, -0.2) is 51.5 Å². The van der Waals surface area contributed by atoms with E-state index in [2.05, 4.69) is 0 Å². The van der Waals surface area contributed by atoms with Crippen molar-refractivity contribution in [1.82, 2.24) is 4.90 Å². The maximum atomic E-state index is 14.5. The fourth-order valence-corrected chi connectivity index (χ4v) is 5.42. The van der Waals surface area contributed by atoms with Gasteiger partial charge in [0.15, 0.2) is 5.60 Å². The molecule has 2 N–H and O–H groups in total. The van der Waals surface area contributed by atoms with E-state index in [0.717, 1.165) is 25.8 Å². The Bertz CT molecular complexity index is 1030. The summed E-state index contributed by atoms with van der Waals surface area (Å²) in [5, 5.41) is 20.1. The first-order chi connectivity index (χ1) is 16.4. The van der Waals surface area contributed by atoms with Crippen LogP contribution in [0.5, 0.6) is 0 Å². The van der Waals surface area contributed by atoms with Gasteiger partial charge in [0.05, 0.1) is 6.61 Å². The quantitative estimate of drug-likeness (QED) is 0.537. The smallest absolute Gasteiger partial charge is 0.395 e. The predicted octanol–water partition coefficient (Wildman–Crippen LogP) is 5.09. The number of nitrogens with zero attached hydrogens (tertiary/aromatic N) is 1. The highest BCUT2D eigenvalue weighted by Crippen LogP contribution is 2.45. The highest BCUT2D eigenvalue weighted by atomic mass is 19.4. The number of alkyl halides is 3. The van der Waals surface area contributed by atoms with Gasteiger partial charge < -0.3 is 15.1 Å². The summed E-state index contributed by atoms with van der Waals surface area (Å²) in [6.45, 7) is 0.424. The van der Waals surface area contributed by atoms with E-state index in [1.807, 2.05) is 4.90 Å². The van der Waals surface area contributed by atoms with Crippen molar-refractivity contribution in [2.24, 2.45) is 0 Å². The van der Waals surface area contributed by atoms with Crippen LogP contribution in [0.25, 0.3) is 0 Å². The number of carbonyl (C=O) groups is 1. The van der Waals surface area contributed by atoms with E-state index in [1.165, 1.54) is 24.3 Å². The van der Waals surface area contributed by atoms with Crippen LogP contribution in [0, 0.1) is 11.6 Å². The molecule has 2 saturated carbocycles. The van der Waals surface area contributed by atoms with Gasteiger partial charge >= 0.3 is 6.18 Å². The summed E-state index contributed by atoms with van der Waals surface area (Å²) >= 11 is 0. The van der Waals surface area contributed by atoms with Gasteiger partial charge in [-0.1, -0.05) is 18.2 Å². The highest BCUT2D eigenvalue weighted by Gasteiger charge is 2.52. The lowest BCUT2D eigenvalue weighted by atomic mass is 9.68. The molecular formula is C26H30F5NO3. The summed E-state index contributed by atoms with van der Waals surface area (Å²) in [6, 6.07) is 3.28. The molecule has 4 nitrogen and oxygen atoms in total. The predicted molar refractivity (Wildman–Crippen MR) is 119 cm³/mol. The van der Waals surface area contributed by atoms with Crippen molar-refractivity contribution in [3.8, 4) is 0 Å². The second kappa shape index (κ2) is 9.32. The monoisotopic (exact) mass is 499 g/mol. The van der Waals surface area contributed by atoms with Crippen LogP contribution >= 0.6 is 0 Å². The molecule has 0 spiro atoms. The molecule has 1 atom stereocenters. The highest BCUT2D eigenvalue weighted by molar-refractivity contribution is 5.94. The van der Waals surface area contributed by atoms with Gasteiger partial charge in [0, 0.05) is 29.1 Å². The van der Waals surface area contributed by atoms with Crippen molar-refractivity contribution in [1.29, 1.82) is 0 Å². The Kier molecular flexibility index (Phi) is 6.87. The van der Waals surface area contributed by atoms with E-state index in [-0.39, 0.29) is 48.6 Å². The Balaban J connectivity index is 1.50. The van der Waals surface area contributed by atoms with Gasteiger partial charge in [0.25, 0.3) is 0 Å². The van der Waals surface area contributed by atoms with Crippen LogP contribution < -0.4 is 0 Å². The molecule has 3 aliphatic carbocycles. The Morgan fingerprint density at radius 2 is 1.69 bits per heavy atom. The standard InChI is InChI=1S/C26H30F5NO3/c1-24(35,26(29,30)31)17-4-2-16(3-5-17)23(34)32(19-7-8-19)20-10-12-25(15-33,13-11-20)21-9-6-18(27)14-22(21)28/h2,4,6,9,14,19-20,33,35H,3,5,7-8,10-13,15H2,1H3/t20?,24-,25?/m0/s1. The SMILES string of the molecule is C[C@](O)(C1=CC=C(C(=O)N(C2CC2)C2CCC(CO)(c3ccc(F)cc3F)CC2)CC1)C(F)(F)F. The number of hydrogen-bond acceptors (Lipinski definition) is 3. The van der Waals surface area contributed by atoms with Crippen LogP contribution in [-0.2, 0) is 10.2 Å². The summed E-state index contributed by atoms with van der Waals surface area (Å²) in [7, 11) is 0. The number of aliphatic hydroxyl groups is 2. The molecular weight excluding hydrogens is 469 g/mol. The van der Waals surface area contributed by atoms with Gasteiger partial charge in [-0.05, 0) is 75.5 Å². The number of amides is 1. The summed E-state index contributed by atoms with van der Waals surface area (Å²) in [5.41, 5.74) is -3.29. The number of rotatable bonds is 6. The first kappa shape index (κ1) is 25.8. The third kappa shape index (κ3) is 4.89. The normalized spacial score (nSPS) is 27.0. The average molecular weight is 500 g/mol. The molecule has 0 radical (unpaired) electrons. The molecule has 1 amide bonds. The maximum Gasteiger partial charge on any atom is 0.420 e. The Labute approximate surface area is 201 Å². The molecule has 1 aromatic rings. The topological polar surface area (TPSA) is 60.8 Å². The fourth-order valence-electron chi connectivity index (χ4n) is 5.42. The second-order valence-corrected chi connectivity index (χ2v) is 10.2. The minimum absolute atomic E-state index is 0.0567. The maximum absolute atomic E-state index is 14.5. The molecule has 0 unspecified atom stereocenters. The molecule has 2 fully saturated rings. The third-order valence-corrected chi connectivity index (χ3v) is 7.89. The number of carbonyl (C=O) groups excluding carboxylic acids is 1. The van der Waals surface area contributed by atoms with Crippen LogP contribution in [0.2, 0.25) is 0 Å². The minimum Gasteiger partial charge on any atom is -0.395 e. The lowest BCUT2D eigenvalue weighted by molar-refractivity contribution is -0.237. The van der Waals surface area contributed by atoms with E-state index in [4.69, 9.17) is 0 Å². The number of benzene rings is 1. The molecule has 0 heterocycles. The molecule has 3 aliphatic rings. The van der Waals surface area contributed by atoms with Gasteiger partial charge in [-0.2, -0.15) is 13.2 Å².